The average molecular weight is 236 g/mol. The first-order chi connectivity index (χ1) is 7.67. The SMILES string of the molecule is COC(=O)c1sc2cc(OC)ccc2c1C. The van der Waals surface area contributed by atoms with Crippen molar-refractivity contribution in [3.05, 3.63) is 28.6 Å². The van der Waals surface area contributed by atoms with Gasteiger partial charge in [0.05, 0.1) is 14.2 Å². The van der Waals surface area contributed by atoms with Crippen LogP contribution >= 0.6 is 11.3 Å². The van der Waals surface area contributed by atoms with Gasteiger partial charge in [0.2, 0.25) is 0 Å². The number of aryl methyl sites for hydroxylation is 1. The van der Waals surface area contributed by atoms with Gasteiger partial charge < -0.3 is 9.47 Å². The highest BCUT2D eigenvalue weighted by atomic mass is 32.1. The molecule has 0 amide bonds. The number of hydrogen-bond acceptors (Lipinski definition) is 4. The third-order valence-corrected chi connectivity index (χ3v) is 3.75. The number of ether oxygens (including phenoxy) is 2. The summed E-state index contributed by atoms with van der Waals surface area (Å²) >= 11 is 1.43. The second-order valence-corrected chi connectivity index (χ2v) is 4.46. The number of hydrogen-bond donors (Lipinski definition) is 0. The second kappa shape index (κ2) is 4.14. The fraction of sp³-hybridized carbons (Fsp3) is 0.250. The van der Waals surface area contributed by atoms with Crippen LogP contribution in [-0.4, -0.2) is 20.2 Å². The monoisotopic (exact) mass is 236 g/mol. The highest BCUT2D eigenvalue weighted by Gasteiger charge is 2.15. The van der Waals surface area contributed by atoms with Gasteiger partial charge in [-0.2, -0.15) is 0 Å². The molecule has 1 heterocycles. The maximum absolute atomic E-state index is 11.5. The van der Waals surface area contributed by atoms with Crippen molar-refractivity contribution < 1.29 is 14.3 Å². The van der Waals surface area contributed by atoms with E-state index in [4.69, 9.17) is 9.47 Å². The molecule has 0 bridgehead atoms. The van der Waals surface area contributed by atoms with E-state index in [0.717, 1.165) is 21.4 Å². The molecule has 1 aromatic carbocycles. The zero-order valence-corrected chi connectivity index (χ0v) is 10.2. The molecular weight excluding hydrogens is 224 g/mol. The minimum Gasteiger partial charge on any atom is -0.497 e. The third kappa shape index (κ3) is 1.65. The van der Waals surface area contributed by atoms with Crippen LogP contribution in [0.25, 0.3) is 10.1 Å². The zero-order chi connectivity index (χ0) is 11.7. The molecule has 84 valence electrons. The normalized spacial score (nSPS) is 10.4. The molecule has 1 aromatic heterocycles. The molecule has 0 saturated heterocycles. The smallest absolute Gasteiger partial charge is 0.348 e. The molecule has 0 fully saturated rings. The molecule has 16 heavy (non-hydrogen) atoms. The van der Waals surface area contributed by atoms with Gasteiger partial charge in [0, 0.05) is 4.70 Å². The van der Waals surface area contributed by atoms with Gasteiger partial charge in [-0.1, -0.05) is 0 Å². The van der Waals surface area contributed by atoms with Crippen LogP contribution in [0.1, 0.15) is 15.2 Å². The molecule has 0 aliphatic heterocycles. The minimum atomic E-state index is -0.280. The lowest BCUT2D eigenvalue weighted by atomic mass is 10.1. The van der Waals surface area contributed by atoms with Crippen molar-refractivity contribution >= 4 is 27.4 Å². The summed E-state index contributed by atoms with van der Waals surface area (Å²) in [5.74, 6) is 0.517. The third-order valence-electron chi connectivity index (χ3n) is 2.52. The van der Waals surface area contributed by atoms with E-state index in [0.29, 0.717) is 4.88 Å². The summed E-state index contributed by atoms with van der Waals surface area (Å²) in [6.07, 6.45) is 0. The number of benzene rings is 1. The molecule has 2 aromatic rings. The van der Waals surface area contributed by atoms with Gasteiger partial charge in [0.25, 0.3) is 0 Å². The van der Waals surface area contributed by atoms with Crippen molar-refractivity contribution in [1.29, 1.82) is 0 Å². The molecular formula is C12H12O3S. The highest BCUT2D eigenvalue weighted by Crippen LogP contribution is 2.33. The number of rotatable bonds is 2. The van der Waals surface area contributed by atoms with E-state index in [1.807, 2.05) is 25.1 Å². The molecule has 0 aliphatic rings. The maximum atomic E-state index is 11.5. The Balaban J connectivity index is 2.63. The number of fused-ring (bicyclic) bond motifs is 1. The molecule has 2 rings (SSSR count). The maximum Gasteiger partial charge on any atom is 0.348 e. The topological polar surface area (TPSA) is 35.5 Å². The molecule has 0 unspecified atom stereocenters. The summed E-state index contributed by atoms with van der Waals surface area (Å²) in [4.78, 5) is 12.2. The van der Waals surface area contributed by atoms with Crippen LogP contribution in [0.3, 0.4) is 0 Å². The number of carbonyl (C=O) groups is 1. The van der Waals surface area contributed by atoms with Crippen molar-refractivity contribution in [1.82, 2.24) is 0 Å². The Morgan fingerprint density at radius 2 is 2.06 bits per heavy atom. The van der Waals surface area contributed by atoms with Crippen molar-refractivity contribution in [3.8, 4) is 5.75 Å². The van der Waals surface area contributed by atoms with Crippen LogP contribution in [0.15, 0.2) is 18.2 Å². The van der Waals surface area contributed by atoms with E-state index in [9.17, 15) is 4.79 Å². The lowest BCUT2D eigenvalue weighted by Gasteiger charge is -1.98. The molecule has 0 N–H and O–H groups in total. The van der Waals surface area contributed by atoms with E-state index in [1.165, 1.54) is 18.4 Å². The van der Waals surface area contributed by atoms with Crippen LogP contribution in [0.4, 0.5) is 0 Å². The average Bonchev–Trinajstić information content (AvgIpc) is 2.65. The van der Waals surface area contributed by atoms with Gasteiger partial charge in [-0.25, -0.2) is 4.79 Å². The standard InChI is InChI=1S/C12H12O3S/c1-7-9-5-4-8(14-2)6-10(9)16-11(7)12(13)15-3/h4-6H,1-3H3. The Morgan fingerprint density at radius 1 is 1.31 bits per heavy atom. The van der Waals surface area contributed by atoms with Crippen LogP contribution < -0.4 is 4.74 Å². The van der Waals surface area contributed by atoms with E-state index in [-0.39, 0.29) is 5.97 Å². The fourth-order valence-corrected chi connectivity index (χ4v) is 2.78. The summed E-state index contributed by atoms with van der Waals surface area (Å²) in [6, 6.07) is 5.79. The summed E-state index contributed by atoms with van der Waals surface area (Å²) in [7, 11) is 3.02. The first-order valence-corrected chi connectivity index (χ1v) is 5.64. The summed E-state index contributed by atoms with van der Waals surface area (Å²) in [5, 5.41) is 1.08. The Kier molecular flexibility index (Phi) is 2.83. The van der Waals surface area contributed by atoms with Gasteiger partial charge >= 0.3 is 5.97 Å². The first-order valence-electron chi connectivity index (χ1n) is 4.83. The van der Waals surface area contributed by atoms with Gasteiger partial charge in [-0.05, 0) is 36.1 Å². The number of methoxy groups -OCH3 is 2. The van der Waals surface area contributed by atoms with Gasteiger partial charge in [0.1, 0.15) is 10.6 Å². The van der Waals surface area contributed by atoms with E-state index >= 15 is 0 Å². The van der Waals surface area contributed by atoms with Crippen molar-refractivity contribution in [3.63, 3.8) is 0 Å². The van der Waals surface area contributed by atoms with Crippen LogP contribution in [0.2, 0.25) is 0 Å². The lowest BCUT2D eigenvalue weighted by molar-refractivity contribution is 0.0605. The Labute approximate surface area is 97.6 Å². The first kappa shape index (κ1) is 11.0. The Bertz CT molecular complexity index is 542. The van der Waals surface area contributed by atoms with Crippen molar-refractivity contribution in [2.24, 2.45) is 0 Å². The summed E-state index contributed by atoms with van der Waals surface area (Å²) in [5.41, 5.74) is 0.967. The Morgan fingerprint density at radius 3 is 2.69 bits per heavy atom. The van der Waals surface area contributed by atoms with Crippen LogP contribution in [0.5, 0.6) is 5.75 Å². The predicted molar refractivity (Wildman–Crippen MR) is 64.5 cm³/mol. The van der Waals surface area contributed by atoms with Crippen molar-refractivity contribution in [2.75, 3.05) is 14.2 Å². The van der Waals surface area contributed by atoms with Gasteiger partial charge in [-0.3, -0.25) is 0 Å². The van der Waals surface area contributed by atoms with Crippen molar-refractivity contribution in [2.45, 2.75) is 6.92 Å². The number of esters is 1. The summed E-state index contributed by atoms with van der Waals surface area (Å²) in [6.45, 7) is 1.93. The quantitative estimate of drug-likeness (QED) is 0.752. The molecule has 3 nitrogen and oxygen atoms in total. The molecule has 0 aliphatic carbocycles. The second-order valence-electron chi connectivity index (χ2n) is 3.41. The number of thiophene rings is 1. The molecule has 0 saturated carbocycles. The van der Waals surface area contributed by atoms with E-state index in [2.05, 4.69) is 0 Å². The summed E-state index contributed by atoms with van der Waals surface area (Å²) < 4.78 is 10.9. The van der Waals surface area contributed by atoms with Gasteiger partial charge in [0.15, 0.2) is 0 Å². The lowest BCUT2D eigenvalue weighted by Crippen LogP contribution is -1.99. The largest absolute Gasteiger partial charge is 0.497 e. The Hall–Kier alpha value is -1.55. The predicted octanol–water partition coefficient (Wildman–Crippen LogP) is 3.00. The van der Waals surface area contributed by atoms with E-state index < -0.39 is 0 Å². The molecule has 4 heteroatoms. The minimum absolute atomic E-state index is 0.280. The van der Waals surface area contributed by atoms with E-state index in [1.54, 1.807) is 7.11 Å². The van der Waals surface area contributed by atoms with Gasteiger partial charge in [-0.15, -0.1) is 11.3 Å². The molecule has 0 atom stereocenters. The molecule has 0 radical (unpaired) electrons. The van der Waals surface area contributed by atoms with Crippen LogP contribution in [0, 0.1) is 6.92 Å². The zero-order valence-electron chi connectivity index (χ0n) is 9.37. The molecule has 0 spiro atoms. The van der Waals surface area contributed by atoms with Crippen LogP contribution in [-0.2, 0) is 4.74 Å². The number of carbonyl (C=O) groups excluding carboxylic acids is 1. The fourth-order valence-electron chi connectivity index (χ4n) is 1.62. The highest BCUT2D eigenvalue weighted by molar-refractivity contribution is 7.21.